The molecule has 1 amide bonds. The van der Waals surface area contributed by atoms with Crippen LogP contribution >= 0.6 is 0 Å². The van der Waals surface area contributed by atoms with Crippen LogP contribution in [0.5, 0.6) is 0 Å². The first-order valence-corrected chi connectivity index (χ1v) is 8.54. The monoisotopic (exact) mass is 343 g/mol. The van der Waals surface area contributed by atoms with Gasteiger partial charge in [0.15, 0.2) is 0 Å². The summed E-state index contributed by atoms with van der Waals surface area (Å²) in [5.74, 6) is 0.982. The van der Waals surface area contributed by atoms with Crippen LogP contribution in [0.25, 0.3) is 0 Å². The Bertz CT molecular complexity index is 728. The Morgan fingerprint density at radius 3 is 3.00 bits per heavy atom. The van der Waals surface area contributed by atoms with Gasteiger partial charge in [-0.15, -0.1) is 0 Å². The number of nitrogens with zero attached hydrogens (tertiary/aromatic N) is 5. The maximum Gasteiger partial charge on any atom is 0.257 e. The fourth-order valence-corrected chi connectivity index (χ4v) is 2.98. The minimum Gasteiger partial charge on any atom is -0.375 e. The molecular formula is C18H25N5O2. The van der Waals surface area contributed by atoms with E-state index in [1.165, 1.54) is 5.56 Å². The zero-order valence-electron chi connectivity index (χ0n) is 15.1. The lowest BCUT2D eigenvalue weighted by molar-refractivity contribution is -0.0246. The van der Waals surface area contributed by atoms with Gasteiger partial charge in [0.05, 0.1) is 24.5 Å². The summed E-state index contributed by atoms with van der Waals surface area (Å²) in [5.41, 5.74) is 1.87. The summed E-state index contributed by atoms with van der Waals surface area (Å²) >= 11 is 0. The molecule has 0 aliphatic carbocycles. The molecule has 134 valence electrons. The van der Waals surface area contributed by atoms with E-state index >= 15 is 0 Å². The molecule has 25 heavy (non-hydrogen) atoms. The average Bonchev–Trinajstić information content (AvgIpc) is 3.06. The Morgan fingerprint density at radius 1 is 1.44 bits per heavy atom. The Balaban J connectivity index is 1.57. The Kier molecular flexibility index (Phi) is 5.33. The van der Waals surface area contributed by atoms with Crippen LogP contribution in [0.15, 0.2) is 30.7 Å². The van der Waals surface area contributed by atoms with Gasteiger partial charge in [0.1, 0.15) is 5.82 Å². The quantitative estimate of drug-likeness (QED) is 0.820. The van der Waals surface area contributed by atoms with Crippen LogP contribution in [-0.2, 0) is 18.2 Å². The van der Waals surface area contributed by atoms with Crippen LogP contribution in [0.1, 0.15) is 22.3 Å². The molecule has 0 N–H and O–H groups in total. The number of ether oxygens (including phenoxy) is 1. The van der Waals surface area contributed by atoms with Crippen molar-refractivity contribution in [2.24, 2.45) is 7.05 Å². The van der Waals surface area contributed by atoms with E-state index in [1.807, 2.05) is 43.2 Å². The number of carbonyl (C=O) groups excluding carboxylic acids is 1. The number of anilines is 1. The molecule has 2 aromatic rings. The van der Waals surface area contributed by atoms with E-state index in [0.717, 1.165) is 18.7 Å². The summed E-state index contributed by atoms with van der Waals surface area (Å²) in [4.78, 5) is 20.8. The average molecular weight is 343 g/mol. The third-order valence-electron chi connectivity index (χ3n) is 4.40. The van der Waals surface area contributed by atoms with E-state index in [0.29, 0.717) is 25.3 Å². The predicted molar refractivity (Wildman–Crippen MR) is 95.7 cm³/mol. The summed E-state index contributed by atoms with van der Waals surface area (Å²) in [6.07, 6.45) is 7.06. The molecule has 1 aliphatic rings. The summed E-state index contributed by atoms with van der Waals surface area (Å²) in [6.45, 7) is 1.83. The van der Waals surface area contributed by atoms with Crippen molar-refractivity contribution in [1.82, 2.24) is 19.7 Å². The zero-order chi connectivity index (χ0) is 17.8. The highest BCUT2D eigenvalue weighted by Crippen LogP contribution is 2.16. The van der Waals surface area contributed by atoms with Gasteiger partial charge in [-0.2, -0.15) is 5.10 Å². The van der Waals surface area contributed by atoms with Crippen LogP contribution in [-0.4, -0.2) is 65.5 Å². The number of aryl methyl sites for hydroxylation is 2. The molecular weight excluding hydrogens is 318 g/mol. The van der Waals surface area contributed by atoms with Crippen LogP contribution in [0.2, 0.25) is 0 Å². The largest absolute Gasteiger partial charge is 0.375 e. The maximum atomic E-state index is 12.6. The first-order valence-electron chi connectivity index (χ1n) is 8.54. The molecule has 1 atom stereocenters. The second kappa shape index (κ2) is 7.65. The molecule has 2 aromatic heterocycles. The zero-order valence-corrected chi connectivity index (χ0v) is 15.1. The van der Waals surface area contributed by atoms with Crippen LogP contribution in [0.3, 0.4) is 0 Å². The Labute approximate surface area is 148 Å². The lowest BCUT2D eigenvalue weighted by Gasteiger charge is -2.32. The van der Waals surface area contributed by atoms with Crippen LogP contribution in [0.4, 0.5) is 5.82 Å². The fourth-order valence-electron chi connectivity index (χ4n) is 2.98. The summed E-state index contributed by atoms with van der Waals surface area (Å²) in [5, 5.41) is 4.08. The van der Waals surface area contributed by atoms with Crippen LogP contribution in [0, 0.1) is 0 Å². The molecule has 0 saturated carbocycles. The van der Waals surface area contributed by atoms with Crippen molar-refractivity contribution in [1.29, 1.82) is 0 Å². The van der Waals surface area contributed by atoms with E-state index in [9.17, 15) is 4.79 Å². The van der Waals surface area contributed by atoms with Crippen molar-refractivity contribution in [2.45, 2.75) is 18.9 Å². The molecule has 1 saturated heterocycles. The Morgan fingerprint density at radius 2 is 2.28 bits per heavy atom. The third-order valence-corrected chi connectivity index (χ3v) is 4.40. The smallest absolute Gasteiger partial charge is 0.257 e. The van der Waals surface area contributed by atoms with Gasteiger partial charge in [-0.1, -0.05) is 0 Å². The van der Waals surface area contributed by atoms with E-state index in [4.69, 9.17) is 4.74 Å². The first kappa shape index (κ1) is 17.4. The molecule has 0 spiro atoms. The van der Waals surface area contributed by atoms with Crippen molar-refractivity contribution in [3.8, 4) is 0 Å². The number of carbonyl (C=O) groups is 1. The molecule has 1 aliphatic heterocycles. The highest BCUT2D eigenvalue weighted by atomic mass is 16.5. The first-order chi connectivity index (χ1) is 12.0. The van der Waals surface area contributed by atoms with E-state index in [-0.39, 0.29) is 12.0 Å². The molecule has 3 heterocycles. The molecule has 7 heteroatoms. The van der Waals surface area contributed by atoms with Crippen molar-refractivity contribution in [3.05, 3.63) is 41.9 Å². The van der Waals surface area contributed by atoms with Crippen molar-refractivity contribution >= 4 is 11.7 Å². The summed E-state index contributed by atoms with van der Waals surface area (Å²) in [7, 11) is 5.78. The molecule has 1 fully saturated rings. The van der Waals surface area contributed by atoms with Crippen molar-refractivity contribution < 1.29 is 9.53 Å². The minimum atomic E-state index is 0.0280. The molecule has 0 bridgehead atoms. The normalized spacial score (nSPS) is 17.6. The highest BCUT2D eigenvalue weighted by Gasteiger charge is 2.25. The number of rotatable bonds is 5. The van der Waals surface area contributed by atoms with E-state index in [2.05, 4.69) is 16.1 Å². The molecule has 1 unspecified atom stereocenters. The fraction of sp³-hybridized carbons (Fsp3) is 0.500. The van der Waals surface area contributed by atoms with E-state index in [1.54, 1.807) is 17.1 Å². The second-order valence-corrected chi connectivity index (χ2v) is 6.60. The summed E-state index contributed by atoms with van der Waals surface area (Å²) < 4.78 is 7.51. The van der Waals surface area contributed by atoms with Crippen molar-refractivity contribution in [2.75, 3.05) is 38.7 Å². The van der Waals surface area contributed by atoms with E-state index < -0.39 is 0 Å². The summed E-state index contributed by atoms with van der Waals surface area (Å²) in [6, 6.07) is 4.13. The number of morpholine rings is 1. The standard InChI is InChI=1S/C18H25N5O2/c1-21(2)17-10-14(6-7-19-17)4-5-16-13-23(8-9-25-16)18(24)15-11-20-22(3)12-15/h6-7,10-12,16H,4-5,8-9,13H2,1-3H3. The van der Waals surface area contributed by atoms with Gasteiger partial charge in [-0.05, 0) is 30.5 Å². The van der Waals surface area contributed by atoms with Gasteiger partial charge < -0.3 is 14.5 Å². The molecule has 0 aromatic carbocycles. The molecule has 7 nitrogen and oxygen atoms in total. The van der Waals surface area contributed by atoms with Gasteiger partial charge in [0, 0.05) is 46.6 Å². The number of pyridine rings is 1. The van der Waals surface area contributed by atoms with Gasteiger partial charge >= 0.3 is 0 Å². The SMILES string of the molecule is CN(C)c1cc(CCC2CN(C(=O)c3cnn(C)c3)CCO2)ccn1. The third kappa shape index (κ3) is 4.36. The Hall–Kier alpha value is -2.41. The molecule has 3 rings (SSSR count). The van der Waals surface area contributed by atoms with Gasteiger partial charge in [0.2, 0.25) is 0 Å². The lowest BCUT2D eigenvalue weighted by Crippen LogP contribution is -2.45. The lowest BCUT2D eigenvalue weighted by atomic mass is 10.1. The minimum absolute atomic E-state index is 0.0280. The number of hydrogen-bond donors (Lipinski definition) is 0. The van der Waals surface area contributed by atoms with Gasteiger partial charge in [-0.3, -0.25) is 9.48 Å². The van der Waals surface area contributed by atoms with Gasteiger partial charge in [-0.25, -0.2) is 4.98 Å². The maximum absolute atomic E-state index is 12.6. The van der Waals surface area contributed by atoms with Gasteiger partial charge in [0.25, 0.3) is 5.91 Å². The number of amides is 1. The van der Waals surface area contributed by atoms with Crippen molar-refractivity contribution in [3.63, 3.8) is 0 Å². The number of hydrogen-bond acceptors (Lipinski definition) is 5. The topological polar surface area (TPSA) is 63.5 Å². The molecule has 0 radical (unpaired) electrons. The van der Waals surface area contributed by atoms with Crippen LogP contribution < -0.4 is 4.90 Å². The number of aromatic nitrogens is 3. The predicted octanol–water partition coefficient (Wildman–Crippen LogP) is 1.35. The highest BCUT2D eigenvalue weighted by molar-refractivity contribution is 5.93. The second-order valence-electron chi connectivity index (χ2n) is 6.60.